The van der Waals surface area contributed by atoms with Gasteiger partial charge in [-0.3, -0.25) is 11.3 Å². The minimum Gasteiger partial charge on any atom is -0.271 e. The molecule has 0 aliphatic rings. The van der Waals surface area contributed by atoms with Crippen LogP contribution in [-0.4, -0.2) is 5.75 Å². The average molecular weight is 359 g/mol. The van der Waals surface area contributed by atoms with Crippen molar-refractivity contribution in [3.05, 3.63) is 64.1 Å². The topological polar surface area (TPSA) is 38.0 Å². The van der Waals surface area contributed by atoms with Crippen molar-refractivity contribution in [3.8, 4) is 0 Å². The van der Waals surface area contributed by atoms with E-state index in [9.17, 15) is 8.78 Å². The van der Waals surface area contributed by atoms with Crippen molar-refractivity contribution in [2.24, 2.45) is 5.84 Å². The molecule has 0 saturated heterocycles. The molecular weight excluding hydrogens is 346 g/mol. The van der Waals surface area contributed by atoms with Gasteiger partial charge in [0.1, 0.15) is 11.6 Å². The zero-order valence-electron chi connectivity index (χ0n) is 10.4. The first-order valence-electron chi connectivity index (χ1n) is 5.91. The van der Waals surface area contributed by atoms with Crippen molar-refractivity contribution in [3.63, 3.8) is 0 Å². The lowest BCUT2D eigenvalue weighted by Gasteiger charge is -2.18. The molecule has 2 nitrogen and oxygen atoms in total. The fourth-order valence-electron chi connectivity index (χ4n) is 1.77. The molecule has 0 radical (unpaired) electrons. The summed E-state index contributed by atoms with van der Waals surface area (Å²) in [4.78, 5) is 1.02. The van der Waals surface area contributed by atoms with Crippen LogP contribution in [0.5, 0.6) is 0 Å². The molecule has 20 heavy (non-hydrogen) atoms. The van der Waals surface area contributed by atoms with Gasteiger partial charge in [0.25, 0.3) is 0 Å². The maximum atomic E-state index is 14.0. The number of rotatable bonds is 5. The first kappa shape index (κ1) is 15.4. The van der Waals surface area contributed by atoms with Crippen LogP contribution in [0, 0.1) is 11.6 Å². The third kappa shape index (κ3) is 3.58. The van der Waals surface area contributed by atoms with E-state index < -0.39 is 17.7 Å². The summed E-state index contributed by atoms with van der Waals surface area (Å²) >= 11 is 4.54. The van der Waals surface area contributed by atoms with Gasteiger partial charge in [0.05, 0.1) is 10.5 Å². The molecular formula is C14H13BrF2N2S. The van der Waals surface area contributed by atoms with E-state index in [1.807, 2.05) is 30.3 Å². The number of nitrogens with one attached hydrogen (secondary N) is 1. The highest BCUT2D eigenvalue weighted by Gasteiger charge is 2.21. The molecule has 3 N–H and O–H groups in total. The molecule has 0 heterocycles. The highest BCUT2D eigenvalue weighted by atomic mass is 79.9. The van der Waals surface area contributed by atoms with Crippen LogP contribution < -0.4 is 11.3 Å². The Morgan fingerprint density at radius 2 is 1.85 bits per heavy atom. The molecule has 6 heteroatoms. The molecule has 0 amide bonds. The second-order valence-corrected chi connectivity index (χ2v) is 6.05. The Hall–Kier alpha value is -0.950. The standard InChI is InChI=1S/C14H13BrF2N2S/c15-10-6-7-11(16)13(14(10)17)12(19-18)8-20-9-4-2-1-3-5-9/h1-7,12,19H,8,18H2. The first-order chi connectivity index (χ1) is 9.63. The zero-order valence-corrected chi connectivity index (χ0v) is 12.8. The van der Waals surface area contributed by atoms with E-state index in [4.69, 9.17) is 5.84 Å². The Labute approximate surface area is 128 Å². The second-order valence-electron chi connectivity index (χ2n) is 4.10. The number of hydrogen-bond donors (Lipinski definition) is 2. The summed E-state index contributed by atoms with van der Waals surface area (Å²) in [5, 5.41) is 0. The van der Waals surface area contributed by atoms with Gasteiger partial charge in [-0.15, -0.1) is 11.8 Å². The van der Waals surface area contributed by atoms with E-state index >= 15 is 0 Å². The number of benzene rings is 2. The van der Waals surface area contributed by atoms with Gasteiger partial charge >= 0.3 is 0 Å². The van der Waals surface area contributed by atoms with Crippen molar-refractivity contribution in [1.82, 2.24) is 5.43 Å². The fraction of sp³-hybridized carbons (Fsp3) is 0.143. The van der Waals surface area contributed by atoms with Gasteiger partial charge < -0.3 is 0 Å². The molecule has 2 aromatic carbocycles. The maximum Gasteiger partial charge on any atom is 0.145 e. The minimum absolute atomic E-state index is 0.0506. The fourth-order valence-corrected chi connectivity index (χ4v) is 3.09. The molecule has 1 atom stereocenters. The SMILES string of the molecule is NNC(CSc1ccccc1)c1c(F)ccc(Br)c1F. The summed E-state index contributed by atoms with van der Waals surface area (Å²) in [7, 11) is 0. The summed E-state index contributed by atoms with van der Waals surface area (Å²) in [6.07, 6.45) is 0. The molecule has 0 fully saturated rings. The molecule has 2 rings (SSSR count). The van der Waals surface area contributed by atoms with Crippen LogP contribution in [0.15, 0.2) is 51.8 Å². The highest BCUT2D eigenvalue weighted by Crippen LogP contribution is 2.30. The van der Waals surface area contributed by atoms with Gasteiger partial charge in [-0.2, -0.15) is 0 Å². The van der Waals surface area contributed by atoms with Gasteiger partial charge in [0.15, 0.2) is 0 Å². The van der Waals surface area contributed by atoms with Gasteiger partial charge in [-0.1, -0.05) is 18.2 Å². The van der Waals surface area contributed by atoms with E-state index in [1.165, 1.54) is 23.9 Å². The van der Waals surface area contributed by atoms with Crippen molar-refractivity contribution in [1.29, 1.82) is 0 Å². The van der Waals surface area contributed by atoms with Crippen LogP contribution in [-0.2, 0) is 0 Å². The molecule has 0 bridgehead atoms. The molecule has 2 aromatic rings. The lowest BCUT2D eigenvalue weighted by Crippen LogP contribution is -2.31. The Morgan fingerprint density at radius 3 is 2.50 bits per heavy atom. The van der Waals surface area contributed by atoms with Crippen LogP contribution in [0.4, 0.5) is 8.78 Å². The summed E-state index contributed by atoms with van der Waals surface area (Å²) < 4.78 is 28.1. The van der Waals surface area contributed by atoms with E-state index in [2.05, 4.69) is 21.4 Å². The normalized spacial score (nSPS) is 12.4. The Bertz CT molecular complexity index is 581. The van der Waals surface area contributed by atoms with Crippen molar-refractivity contribution in [2.75, 3.05) is 5.75 Å². The van der Waals surface area contributed by atoms with E-state index in [1.54, 1.807) is 0 Å². The van der Waals surface area contributed by atoms with E-state index in [-0.39, 0.29) is 10.0 Å². The number of nitrogens with two attached hydrogens (primary N) is 1. The predicted molar refractivity (Wildman–Crippen MR) is 81.3 cm³/mol. The Balaban J connectivity index is 2.19. The van der Waals surface area contributed by atoms with E-state index in [0.717, 1.165) is 4.90 Å². The molecule has 1 unspecified atom stereocenters. The third-order valence-electron chi connectivity index (χ3n) is 2.79. The third-order valence-corrected chi connectivity index (χ3v) is 4.51. The molecule has 0 aliphatic heterocycles. The monoisotopic (exact) mass is 358 g/mol. The van der Waals surface area contributed by atoms with Gasteiger partial charge in [-0.25, -0.2) is 8.78 Å². The first-order valence-corrected chi connectivity index (χ1v) is 7.68. The summed E-state index contributed by atoms with van der Waals surface area (Å²) in [5.41, 5.74) is 2.43. The lowest BCUT2D eigenvalue weighted by molar-refractivity contribution is 0.497. The largest absolute Gasteiger partial charge is 0.271 e. The summed E-state index contributed by atoms with van der Waals surface area (Å²) in [6.45, 7) is 0. The van der Waals surface area contributed by atoms with Gasteiger partial charge in [0, 0.05) is 16.2 Å². The number of halogens is 3. The zero-order chi connectivity index (χ0) is 14.5. The van der Waals surface area contributed by atoms with Crippen molar-refractivity contribution in [2.45, 2.75) is 10.9 Å². The lowest BCUT2D eigenvalue weighted by atomic mass is 10.1. The van der Waals surface area contributed by atoms with Gasteiger partial charge in [0.2, 0.25) is 0 Å². The highest BCUT2D eigenvalue weighted by molar-refractivity contribution is 9.10. The second kappa shape index (κ2) is 7.17. The van der Waals surface area contributed by atoms with Crippen LogP contribution in [0.1, 0.15) is 11.6 Å². The van der Waals surface area contributed by atoms with E-state index in [0.29, 0.717) is 5.75 Å². The molecule has 0 aromatic heterocycles. The molecule has 0 saturated carbocycles. The molecule has 0 aliphatic carbocycles. The summed E-state index contributed by atoms with van der Waals surface area (Å²) in [6, 6.07) is 11.6. The van der Waals surface area contributed by atoms with Crippen molar-refractivity contribution < 1.29 is 8.78 Å². The predicted octanol–water partition coefficient (Wildman–Crippen LogP) is 4.02. The van der Waals surface area contributed by atoms with Crippen LogP contribution in [0.2, 0.25) is 0 Å². The average Bonchev–Trinajstić information content (AvgIpc) is 2.47. The Kier molecular flexibility index (Phi) is 5.54. The smallest absolute Gasteiger partial charge is 0.145 e. The van der Waals surface area contributed by atoms with Crippen LogP contribution in [0.25, 0.3) is 0 Å². The number of hydrogen-bond acceptors (Lipinski definition) is 3. The van der Waals surface area contributed by atoms with Crippen LogP contribution >= 0.6 is 27.7 Å². The number of thioether (sulfide) groups is 1. The molecule has 0 spiro atoms. The minimum atomic E-state index is -0.624. The van der Waals surface area contributed by atoms with Crippen LogP contribution in [0.3, 0.4) is 0 Å². The number of hydrazine groups is 1. The van der Waals surface area contributed by atoms with Crippen molar-refractivity contribution >= 4 is 27.7 Å². The maximum absolute atomic E-state index is 14.0. The quantitative estimate of drug-likeness (QED) is 0.367. The Morgan fingerprint density at radius 1 is 1.15 bits per heavy atom. The molecule has 106 valence electrons. The van der Waals surface area contributed by atoms with Gasteiger partial charge in [-0.05, 0) is 40.2 Å². The summed E-state index contributed by atoms with van der Waals surface area (Å²) in [5.74, 6) is 4.63.